The molecule has 0 N–H and O–H groups in total. The molecule has 2 aliphatic heterocycles. The van der Waals surface area contributed by atoms with E-state index in [4.69, 9.17) is 9.57 Å². The molecule has 26 heavy (non-hydrogen) atoms. The van der Waals surface area contributed by atoms with Crippen molar-refractivity contribution in [2.75, 3.05) is 6.61 Å². The Morgan fingerprint density at radius 3 is 2.08 bits per heavy atom. The average Bonchev–Trinajstić information content (AvgIpc) is 2.83. The van der Waals surface area contributed by atoms with Gasteiger partial charge in [-0.2, -0.15) is 18.2 Å². The van der Waals surface area contributed by atoms with Crippen LogP contribution in [0.15, 0.2) is 29.3 Å². The summed E-state index contributed by atoms with van der Waals surface area (Å²) >= 11 is 0. The molecule has 2 atom stereocenters. The number of aliphatic imine (C=N–C) groups is 1. The lowest BCUT2D eigenvalue weighted by Gasteiger charge is -2.58. The number of hydrogen-bond donors (Lipinski definition) is 0. The Labute approximate surface area is 151 Å². The second-order valence-electron chi connectivity index (χ2n) is 8.74. The van der Waals surface area contributed by atoms with E-state index in [2.05, 4.69) is 4.99 Å². The van der Waals surface area contributed by atoms with Crippen LogP contribution in [0.4, 0.5) is 13.2 Å². The van der Waals surface area contributed by atoms with Crippen molar-refractivity contribution in [2.24, 2.45) is 4.99 Å². The number of rotatable bonds is 2. The zero-order valence-electron chi connectivity index (χ0n) is 15.9. The van der Waals surface area contributed by atoms with Gasteiger partial charge in [0.05, 0.1) is 11.1 Å². The van der Waals surface area contributed by atoms with Gasteiger partial charge in [-0.25, -0.2) is 4.99 Å². The van der Waals surface area contributed by atoms with Gasteiger partial charge < -0.3 is 4.74 Å². The molecule has 1 aromatic carbocycles. The molecule has 2 heterocycles. The fraction of sp³-hybridized carbons (Fsp3) is 0.632. The van der Waals surface area contributed by atoms with E-state index in [0.717, 1.165) is 17.7 Å². The third-order valence-electron chi connectivity index (χ3n) is 4.65. The Hall–Kier alpha value is -1.60. The number of halogens is 3. The molecule has 0 saturated carbocycles. The van der Waals surface area contributed by atoms with Crippen molar-refractivity contribution >= 4 is 5.90 Å². The van der Waals surface area contributed by atoms with Crippen LogP contribution in [0, 0.1) is 0 Å². The highest BCUT2D eigenvalue weighted by molar-refractivity contribution is 5.88. The minimum absolute atomic E-state index is 0.294. The van der Waals surface area contributed by atoms with E-state index >= 15 is 0 Å². The maximum Gasteiger partial charge on any atom is 0.416 e. The number of hydrogen-bond acceptors (Lipinski definition) is 4. The maximum atomic E-state index is 12.9. The first-order valence-electron chi connectivity index (χ1n) is 8.63. The molecule has 0 amide bonds. The molecule has 0 aromatic heterocycles. The van der Waals surface area contributed by atoms with Gasteiger partial charge >= 0.3 is 6.18 Å². The molecule has 2 aliphatic rings. The highest BCUT2D eigenvalue weighted by Gasteiger charge is 2.61. The second-order valence-corrected chi connectivity index (χ2v) is 8.74. The Balaban J connectivity index is 1.98. The molecule has 3 rings (SSSR count). The summed E-state index contributed by atoms with van der Waals surface area (Å²) in [6.07, 6.45) is -4.36. The van der Waals surface area contributed by atoms with Gasteiger partial charge in [0.2, 0.25) is 5.90 Å². The Morgan fingerprint density at radius 1 is 1.08 bits per heavy atom. The standard InChI is InChI=1S/C19H25F3N2O2/c1-16(2,3)24-14(12-7-9-13(10-8-12)19(20,21)22)18(6,26-24)15-23-17(4,5)11-25-15/h7-10,14H,11H2,1-6H3/t14-,18+/m1/s1. The highest BCUT2D eigenvalue weighted by atomic mass is 19.4. The molecule has 0 aliphatic carbocycles. The lowest BCUT2D eigenvalue weighted by molar-refractivity contribution is -0.399. The summed E-state index contributed by atoms with van der Waals surface area (Å²) in [6, 6.07) is 4.94. The molecular weight excluding hydrogens is 345 g/mol. The van der Waals surface area contributed by atoms with Crippen LogP contribution in [-0.2, 0) is 15.8 Å². The van der Waals surface area contributed by atoms with Gasteiger partial charge in [-0.1, -0.05) is 12.1 Å². The van der Waals surface area contributed by atoms with Crippen molar-refractivity contribution in [1.82, 2.24) is 5.06 Å². The summed E-state index contributed by atoms with van der Waals surface area (Å²) in [4.78, 5) is 10.7. The molecule has 1 aromatic rings. The predicted molar refractivity (Wildman–Crippen MR) is 92.7 cm³/mol. The molecule has 0 spiro atoms. The molecule has 0 radical (unpaired) electrons. The Morgan fingerprint density at radius 2 is 1.65 bits per heavy atom. The van der Waals surface area contributed by atoms with Crippen molar-refractivity contribution in [2.45, 2.75) is 70.4 Å². The van der Waals surface area contributed by atoms with E-state index in [-0.39, 0.29) is 17.1 Å². The predicted octanol–water partition coefficient (Wildman–Crippen LogP) is 4.76. The summed E-state index contributed by atoms with van der Waals surface area (Å²) in [6.45, 7) is 12.2. The van der Waals surface area contributed by atoms with Gasteiger partial charge in [-0.3, -0.25) is 4.84 Å². The van der Waals surface area contributed by atoms with Gasteiger partial charge in [-0.15, -0.1) is 0 Å². The zero-order chi connectivity index (χ0) is 19.5. The van der Waals surface area contributed by atoms with Gasteiger partial charge in [-0.05, 0) is 59.2 Å². The first-order chi connectivity index (χ1) is 11.7. The number of nitrogens with zero attached hydrogens (tertiary/aromatic N) is 2. The summed E-state index contributed by atoms with van der Waals surface area (Å²) in [5.74, 6) is 0.493. The monoisotopic (exact) mass is 370 g/mol. The zero-order valence-corrected chi connectivity index (χ0v) is 15.9. The van der Waals surface area contributed by atoms with Gasteiger partial charge in [0.15, 0.2) is 5.60 Å². The average molecular weight is 370 g/mol. The molecule has 0 unspecified atom stereocenters. The summed E-state index contributed by atoms with van der Waals surface area (Å²) < 4.78 is 44.5. The van der Waals surface area contributed by atoms with Crippen molar-refractivity contribution in [3.63, 3.8) is 0 Å². The molecule has 7 heteroatoms. The molecular formula is C19H25F3N2O2. The Bertz CT molecular complexity index is 720. The molecule has 4 nitrogen and oxygen atoms in total. The lowest BCUT2D eigenvalue weighted by Crippen LogP contribution is -2.68. The van der Waals surface area contributed by atoms with E-state index in [0.29, 0.717) is 12.5 Å². The number of alkyl halides is 3. The first-order valence-corrected chi connectivity index (χ1v) is 8.63. The molecule has 1 fully saturated rings. The minimum Gasteiger partial charge on any atom is -0.476 e. The maximum absolute atomic E-state index is 12.9. The van der Waals surface area contributed by atoms with Crippen LogP contribution in [-0.4, -0.2) is 34.2 Å². The molecule has 0 bridgehead atoms. The third-order valence-corrected chi connectivity index (χ3v) is 4.65. The fourth-order valence-electron chi connectivity index (χ4n) is 3.31. The fourth-order valence-corrected chi connectivity index (χ4v) is 3.31. The Kier molecular flexibility index (Phi) is 4.20. The van der Waals surface area contributed by atoms with Gasteiger partial charge in [0.1, 0.15) is 12.6 Å². The van der Waals surface area contributed by atoms with Gasteiger partial charge in [0.25, 0.3) is 0 Å². The van der Waals surface area contributed by atoms with Crippen molar-refractivity contribution in [3.8, 4) is 0 Å². The minimum atomic E-state index is -4.36. The van der Waals surface area contributed by atoms with Crippen LogP contribution in [0.25, 0.3) is 0 Å². The van der Waals surface area contributed by atoms with Crippen LogP contribution in [0.5, 0.6) is 0 Å². The molecule has 1 saturated heterocycles. The van der Waals surface area contributed by atoms with Gasteiger partial charge in [0, 0.05) is 5.54 Å². The second kappa shape index (κ2) is 5.70. The van der Waals surface area contributed by atoms with Crippen LogP contribution >= 0.6 is 0 Å². The van der Waals surface area contributed by atoms with E-state index in [1.807, 2.05) is 41.5 Å². The smallest absolute Gasteiger partial charge is 0.416 e. The van der Waals surface area contributed by atoms with Crippen molar-refractivity contribution in [3.05, 3.63) is 35.4 Å². The quantitative estimate of drug-likeness (QED) is 0.753. The normalized spacial score (nSPS) is 29.1. The first kappa shape index (κ1) is 19.2. The van der Waals surface area contributed by atoms with E-state index < -0.39 is 17.3 Å². The lowest BCUT2D eigenvalue weighted by atomic mass is 9.83. The summed E-state index contributed by atoms with van der Waals surface area (Å²) in [5.41, 5.74) is -1.45. The third kappa shape index (κ3) is 3.22. The molecule has 144 valence electrons. The van der Waals surface area contributed by atoms with Crippen LogP contribution in [0.2, 0.25) is 0 Å². The largest absolute Gasteiger partial charge is 0.476 e. The van der Waals surface area contributed by atoms with E-state index in [1.165, 1.54) is 12.1 Å². The van der Waals surface area contributed by atoms with Crippen LogP contribution in [0.1, 0.15) is 58.7 Å². The summed E-state index contributed by atoms with van der Waals surface area (Å²) in [5, 5.41) is 1.80. The van der Waals surface area contributed by atoms with E-state index in [1.54, 1.807) is 5.06 Å². The van der Waals surface area contributed by atoms with Crippen molar-refractivity contribution < 1.29 is 22.7 Å². The summed E-state index contributed by atoms with van der Waals surface area (Å²) in [7, 11) is 0. The van der Waals surface area contributed by atoms with E-state index in [9.17, 15) is 13.2 Å². The topological polar surface area (TPSA) is 34.1 Å². The van der Waals surface area contributed by atoms with Crippen LogP contribution in [0.3, 0.4) is 0 Å². The highest BCUT2D eigenvalue weighted by Crippen LogP contribution is 2.51. The number of hydroxylamine groups is 2. The number of benzene rings is 1. The van der Waals surface area contributed by atoms with Crippen molar-refractivity contribution in [1.29, 1.82) is 0 Å². The number of ether oxygens (including phenoxy) is 1. The van der Waals surface area contributed by atoms with Crippen LogP contribution < -0.4 is 0 Å². The SMILES string of the molecule is CC1(C)COC([C@@]2(C)ON(C(C)(C)C)[C@@H]2c2ccc(C(F)(F)F)cc2)=N1.